The Morgan fingerprint density at radius 2 is 1.31 bits per heavy atom. The number of nitrogens with zero attached hydrogens (tertiary/aromatic N) is 5. The van der Waals surface area contributed by atoms with E-state index in [1.165, 1.54) is 0 Å². The smallest absolute Gasteiger partial charge is 0.399 e. The molecule has 5 aromatic rings. The zero-order valence-electron chi connectivity index (χ0n) is 22.2. The molecule has 3 aromatic carbocycles. The molecule has 1 saturated heterocycles. The van der Waals surface area contributed by atoms with Crippen LogP contribution in [0.4, 0.5) is 0 Å². The molecule has 7 nitrogen and oxygen atoms in total. The van der Waals surface area contributed by atoms with E-state index < -0.39 is 18.3 Å². The van der Waals surface area contributed by atoms with Crippen molar-refractivity contribution in [3.8, 4) is 40.2 Å². The van der Waals surface area contributed by atoms with Gasteiger partial charge in [-0.15, -0.1) is 0 Å². The van der Waals surface area contributed by atoms with Crippen molar-refractivity contribution in [2.75, 3.05) is 0 Å². The molecule has 190 valence electrons. The Bertz CT molecular complexity index is 1710. The molecule has 0 aliphatic carbocycles. The van der Waals surface area contributed by atoms with Crippen molar-refractivity contribution < 1.29 is 9.31 Å². The number of hydrogen-bond acceptors (Lipinski definition) is 7. The Hall–Kier alpha value is -4.45. The summed E-state index contributed by atoms with van der Waals surface area (Å²) >= 11 is 0. The standard InChI is InChI=1S/C31H26BN5O2/c1-30(2)31(3,4)39-32(38-30)23-15-12-21(13-16-23)28-35-27(20-9-6-5-7-10-20)36-29(37-28)25-17-14-22(19-33)26-24(25)11-8-18-34-26/h5-18H,1-4H3. The SMILES string of the molecule is CC1(C)OB(c2ccc(-c3nc(-c4ccccc4)nc(-c4ccc(C#N)c5ncccc45)n3)cc2)OC1(C)C. The highest BCUT2D eigenvalue weighted by molar-refractivity contribution is 6.62. The van der Waals surface area contributed by atoms with Gasteiger partial charge in [-0.3, -0.25) is 4.98 Å². The lowest BCUT2D eigenvalue weighted by Crippen LogP contribution is -2.41. The Kier molecular flexibility index (Phi) is 5.98. The van der Waals surface area contributed by atoms with E-state index in [-0.39, 0.29) is 0 Å². The maximum absolute atomic E-state index is 9.59. The number of rotatable bonds is 4. The van der Waals surface area contributed by atoms with E-state index >= 15 is 0 Å². The quantitative estimate of drug-likeness (QED) is 0.290. The van der Waals surface area contributed by atoms with E-state index in [0.717, 1.165) is 27.5 Å². The van der Waals surface area contributed by atoms with E-state index in [0.29, 0.717) is 28.6 Å². The molecule has 2 aromatic heterocycles. The zero-order valence-corrected chi connectivity index (χ0v) is 22.2. The Balaban J connectivity index is 1.46. The van der Waals surface area contributed by atoms with E-state index in [1.807, 2.05) is 100 Å². The maximum Gasteiger partial charge on any atom is 0.494 e. The summed E-state index contributed by atoms with van der Waals surface area (Å²) in [5.41, 5.74) is 3.73. The number of aromatic nitrogens is 4. The molecule has 0 atom stereocenters. The van der Waals surface area contributed by atoms with E-state index in [4.69, 9.17) is 24.3 Å². The molecule has 1 aliphatic heterocycles. The van der Waals surface area contributed by atoms with E-state index in [9.17, 15) is 5.26 Å². The molecule has 0 spiro atoms. The first kappa shape index (κ1) is 24.9. The van der Waals surface area contributed by atoms with Gasteiger partial charge in [0.1, 0.15) is 6.07 Å². The van der Waals surface area contributed by atoms with Crippen LogP contribution in [0.5, 0.6) is 0 Å². The predicted molar refractivity (Wildman–Crippen MR) is 152 cm³/mol. The molecule has 1 aliphatic rings. The second-order valence-corrected chi connectivity index (χ2v) is 10.6. The summed E-state index contributed by atoms with van der Waals surface area (Å²) in [6, 6.07) is 27.4. The van der Waals surface area contributed by atoms with Gasteiger partial charge in [0, 0.05) is 28.3 Å². The summed E-state index contributed by atoms with van der Waals surface area (Å²) in [5, 5.41) is 10.4. The van der Waals surface area contributed by atoms with Gasteiger partial charge >= 0.3 is 7.12 Å². The van der Waals surface area contributed by atoms with Crippen LogP contribution >= 0.6 is 0 Å². The second-order valence-electron chi connectivity index (χ2n) is 10.6. The maximum atomic E-state index is 9.59. The molecular formula is C31H26BN5O2. The van der Waals surface area contributed by atoms with Crippen molar-refractivity contribution >= 4 is 23.5 Å². The number of nitriles is 1. The minimum absolute atomic E-state index is 0.414. The van der Waals surface area contributed by atoms with Crippen LogP contribution in [0.1, 0.15) is 33.3 Å². The summed E-state index contributed by atoms with van der Waals surface area (Å²) < 4.78 is 12.4. The summed E-state index contributed by atoms with van der Waals surface area (Å²) in [5.74, 6) is 1.61. The molecule has 0 bridgehead atoms. The van der Waals surface area contributed by atoms with Crippen LogP contribution in [-0.2, 0) is 9.31 Å². The number of fused-ring (bicyclic) bond motifs is 1. The van der Waals surface area contributed by atoms with E-state index in [2.05, 4.69) is 11.1 Å². The van der Waals surface area contributed by atoms with Crippen LogP contribution in [0, 0.1) is 11.3 Å². The van der Waals surface area contributed by atoms with Crippen molar-refractivity contribution in [3.05, 3.63) is 90.6 Å². The number of hydrogen-bond donors (Lipinski definition) is 0. The first-order valence-corrected chi connectivity index (χ1v) is 12.8. The third kappa shape index (κ3) is 4.46. The molecule has 0 saturated carbocycles. The molecule has 0 radical (unpaired) electrons. The lowest BCUT2D eigenvalue weighted by molar-refractivity contribution is 0.00578. The van der Waals surface area contributed by atoms with Crippen molar-refractivity contribution in [3.63, 3.8) is 0 Å². The summed E-state index contributed by atoms with van der Waals surface area (Å²) in [4.78, 5) is 19.0. The molecule has 8 heteroatoms. The van der Waals surface area contributed by atoms with Gasteiger partial charge in [0.2, 0.25) is 0 Å². The first-order chi connectivity index (χ1) is 18.8. The summed E-state index contributed by atoms with van der Waals surface area (Å²) in [7, 11) is -0.449. The molecule has 39 heavy (non-hydrogen) atoms. The minimum atomic E-state index is -0.449. The molecule has 6 rings (SSSR count). The largest absolute Gasteiger partial charge is 0.494 e. The fourth-order valence-corrected chi connectivity index (χ4v) is 4.57. The van der Waals surface area contributed by atoms with Crippen LogP contribution in [0.3, 0.4) is 0 Å². The summed E-state index contributed by atoms with van der Waals surface area (Å²) in [6.45, 7) is 8.17. The second kappa shape index (κ2) is 9.39. The molecule has 1 fully saturated rings. The van der Waals surface area contributed by atoms with Gasteiger partial charge in [-0.2, -0.15) is 5.26 Å². The fraction of sp³-hybridized carbons (Fsp3) is 0.194. The molecule has 3 heterocycles. The third-order valence-corrected chi connectivity index (χ3v) is 7.49. The third-order valence-electron chi connectivity index (χ3n) is 7.49. The summed E-state index contributed by atoms with van der Waals surface area (Å²) in [6.07, 6.45) is 1.68. The van der Waals surface area contributed by atoms with Crippen molar-refractivity contribution in [2.45, 2.75) is 38.9 Å². The van der Waals surface area contributed by atoms with Gasteiger partial charge in [0.15, 0.2) is 17.5 Å². The highest BCUT2D eigenvalue weighted by Crippen LogP contribution is 2.36. The van der Waals surface area contributed by atoms with Gasteiger partial charge < -0.3 is 9.31 Å². The molecular weight excluding hydrogens is 485 g/mol. The van der Waals surface area contributed by atoms with E-state index in [1.54, 1.807) is 12.3 Å². The van der Waals surface area contributed by atoms with Crippen molar-refractivity contribution in [1.29, 1.82) is 5.26 Å². The van der Waals surface area contributed by atoms with Crippen LogP contribution in [-0.4, -0.2) is 38.3 Å². The van der Waals surface area contributed by atoms with Crippen LogP contribution in [0.25, 0.3) is 45.1 Å². The van der Waals surface area contributed by atoms with Gasteiger partial charge in [0.25, 0.3) is 0 Å². The monoisotopic (exact) mass is 511 g/mol. The number of pyridine rings is 1. The Labute approximate surface area is 227 Å². The lowest BCUT2D eigenvalue weighted by atomic mass is 9.79. The molecule has 0 N–H and O–H groups in total. The normalized spacial score (nSPS) is 15.8. The fourth-order valence-electron chi connectivity index (χ4n) is 4.57. The lowest BCUT2D eigenvalue weighted by Gasteiger charge is -2.32. The first-order valence-electron chi connectivity index (χ1n) is 12.8. The molecule has 0 amide bonds. The Morgan fingerprint density at radius 3 is 1.95 bits per heavy atom. The highest BCUT2D eigenvalue weighted by atomic mass is 16.7. The van der Waals surface area contributed by atoms with Gasteiger partial charge in [-0.1, -0.05) is 60.7 Å². The topological polar surface area (TPSA) is 93.8 Å². The van der Waals surface area contributed by atoms with Crippen LogP contribution in [0.2, 0.25) is 0 Å². The average Bonchev–Trinajstić information content (AvgIpc) is 3.19. The van der Waals surface area contributed by atoms with Gasteiger partial charge in [-0.25, -0.2) is 15.0 Å². The van der Waals surface area contributed by atoms with Crippen LogP contribution < -0.4 is 5.46 Å². The number of benzene rings is 3. The zero-order chi connectivity index (χ0) is 27.2. The average molecular weight is 511 g/mol. The van der Waals surface area contributed by atoms with Crippen molar-refractivity contribution in [2.24, 2.45) is 0 Å². The Morgan fingerprint density at radius 1 is 0.692 bits per heavy atom. The van der Waals surface area contributed by atoms with Gasteiger partial charge in [-0.05, 0) is 51.4 Å². The van der Waals surface area contributed by atoms with Crippen molar-refractivity contribution in [1.82, 2.24) is 19.9 Å². The van der Waals surface area contributed by atoms with Gasteiger partial charge in [0.05, 0.1) is 22.3 Å². The van der Waals surface area contributed by atoms with Crippen LogP contribution in [0.15, 0.2) is 85.1 Å². The minimum Gasteiger partial charge on any atom is -0.399 e. The molecule has 0 unspecified atom stereocenters. The highest BCUT2D eigenvalue weighted by Gasteiger charge is 2.51. The predicted octanol–water partition coefficient (Wildman–Crippen LogP) is 5.59.